The first kappa shape index (κ1) is 21.1. The van der Waals surface area contributed by atoms with Crippen molar-refractivity contribution in [3.8, 4) is 11.5 Å². The Kier molecular flexibility index (Phi) is 6.16. The van der Waals surface area contributed by atoms with E-state index < -0.39 is 5.91 Å². The lowest BCUT2D eigenvalue weighted by Crippen LogP contribution is -2.24. The molecule has 2 heterocycles. The number of carbonyl (C=O) groups excluding carboxylic acids is 2. The van der Waals surface area contributed by atoms with E-state index in [4.69, 9.17) is 13.9 Å². The van der Waals surface area contributed by atoms with Crippen LogP contribution in [0.25, 0.3) is 6.08 Å². The summed E-state index contributed by atoms with van der Waals surface area (Å²) in [5.41, 5.74) is 1.59. The van der Waals surface area contributed by atoms with Crippen molar-refractivity contribution in [1.82, 2.24) is 10.2 Å². The minimum atomic E-state index is -0.427. The molecule has 0 aliphatic carbocycles. The molecule has 1 aromatic heterocycles. The Bertz CT molecular complexity index is 1140. The van der Waals surface area contributed by atoms with Crippen LogP contribution >= 0.6 is 0 Å². The molecule has 1 unspecified atom stereocenters. The zero-order chi connectivity index (χ0) is 22.5. The van der Waals surface area contributed by atoms with E-state index in [2.05, 4.69) is 15.5 Å². The number of aromatic nitrogens is 2. The fourth-order valence-electron chi connectivity index (χ4n) is 3.46. The van der Waals surface area contributed by atoms with E-state index in [-0.39, 0.29) is 24.3 Å². The van der Waals surface area contributed by atoms with Gasteiger partial charge in [0.25, 0.3) is 5.91 Å². The molecule has 9 nitrogen and oxygen atoms in total. The number of rotatable bonds is 7. The van der Waals surface area contributed by atoms with E-state index in [0.717, 1.165) is 11.3 Å². The molecular formula is C23H22N4O5. The molecule has 0 spiro atoms. The van der Waals surface area contributed by atoms with E-state index in [9.17, 15) is 9.59 Å². The van der Waals surface area contributed by atoms with Crippen LogP contribution in [0.2, 0.25) is 0 Å². The summed E-state index contributed by atoms with van der Waals surface area (Å²) >= 11 is 0. The van der Waals surface area contributed by atoms with Crippen LogP contribution in [0.4, 0.5) is 11.7 Å². The normalized spacial score (nSPS) is 15.9. The number of anilines is 2. The number of benzene rings is 2. The maximum absolute atomic E-state index is 12.4. The van der Waals surface area contributed by atoms with Crippen LogP contribution in [0.3, 0.4) is 0 Å². The topological polar surface area (TPSA) is 107 Å². The van der Waals surface area contributed by atoms with E-state index in [0.29, 0.717) is 23.9 Å². The number of nitrogens with zero attached hydrogens (tertiary/aromatic N) is 3. The second-order valence-electron chi connectivity index (χ2n) is 7.12. The summed E-state index contributed by atoms with van der Waals surface area (Å²) < 4.78 is 16.0. The summed E-state index contributed by atoms with van der Waals surface area (Å²) in [5.74, 6) is 0.807. The number of methoxy groups -OCH3 is 2. The Balaban J connectivity index is 1.38. The molecule has 2 aromatic carbocycles. The van der Waals surface area contributed by atoms with Crippen molar-refractivity contribution in [2.24, 2.45) is 0 Å². The summed E-state index contributed by atoms with van der Waals surface area (Å²) in [5, 5.41) is 10.4. The summed E-state index contributed by atoms with van der Waals surface area (Å²) in [7, 11) is 3.10. The van der Waals surface area contributed by atoms with Gasteiger partial charge in [-0.2, -0.15) is 0 Å². The van der Waals surface area contributed by atoms with E-state index in [1.165, 1.54) is 6.08 Å². The van der Waals surface area contributed by atoms with E-state index in [1.807, 2.05) is 30.3 Å². The molecule has 3 aromatic rings. The molecule has 1 saturated heterocycles. The predicted molar refractivity (Wildman–Crippen MR) is 118 cm³/mol. The van der Waals surface area contributed by atoms with Crippen LogP contribution in [-0.4, -0.2) is 42.8 Å². The van der Waals surface area contributed by atoms with Gasteiger partial charge in [-0.25, -0.2) is 0 Å². The highest BCUT2D eigenvalue weighted by molar-refractivity contribution is 6.00. The number of amides is 2. The third-order valence-electron chi connectivity index (χ3n) is 5.05. The van der Waals surface area contributed by atoms with Crippen LogP contribution in [-0.2, 0) is 9.59 Å². The molecular weight excluding hydrogens is 412 g/mol. The lowest BCUT2D eigenvalue weighted by atomic mass is 10.1. The average molecular weight is 434 g/mol. The van der Waals surface area contributed by atoms with E-state index >= 15 is 0 Å². The van der Waals surface area contributed by atoms with Gasteiger partial charge in [0.2, 0.25) is 11.8 Å². The summed E-state index contributed by atoms with van der Waals surface area (Å²) in [6, 6.07) is 14.7. The zero-order valence-corrected chi connectivity index (χ0v) is 17.6. The van der Waals surface area contributed by atoms with Gasteiger partial charge in [-0.15, -0.1) is 5.10 Å². The first-order chi connectivity index (χ1) is 15.6. The molecule has 164 valence electrons. The van der Waals surface area contributed by atoms with Crippen molar-refractivity contribution in [2.45, 2.75) is 12.3 Å². The number of hydrogen-bond acceptors (Lipinski definition) is 7. The predicted octanol–water partition coefficient (Wildman–Crippen LogP) is 3.26. The summed E-state index contributed by atoms with van der Waals surface area (Å²) in [4.78, 5) is 26.3. The Morgan fingerprint density at radius 1 is 1.12 bits per heavy atom. The number of ether oxygens (including phenoxy) is 2. The minimum Gasteiger partial charge on any atom is -0.493 e. The second-order valence-corrected chi connectivity index (χ2v) is 7.12. The molecule has 0 radical (unpaired) electrons. The number of hydrogen-bond donors (Lipinski definition) is 1. The minimum absolute atomic E-state index is 0.0113. The Morgan fingerprint density at radius 2 is 1.91 bits per heavy atom. The van der Waals surface area contributed by atoms with Crippen molar-refractivity contribution >= 4 is 29.6 Å². The summed E-state index contributed by atoms with van der Waals surface area (Å²) in [6.07, 6.45) is 3.24. The average Bonchev–Trinajstić information content (AvgIpc) is 3.44. The largest absolute Gasteiger partial charge is 0.493 e. The van der Waals surface area contributed by atoms with Crippen molar-refractivity contribution < 1.29 is 23.5 Å². The fourth-order valence-corrected chi connectivity index (χ4v) is 3.46. The van der Waals surface area contributed by atoms with Crippen LogP contribution in [0.5, 0.6) is 11.5 Å². The van der Waals surface area contributed by atoms with Crippen molar-refractivity contribution in [3.63, 3.8) is 0 Å². The Morgan fingerprint density at radius 3 is 2.66 bits per heavy atom. The zero-order valence-electron chi connectivity index (χ0n) is 17.6. The summed E-state index contributed by atoms with van der Waals surface area (Å²) in [6.45, 7) is 0.442. The molecule has 2 amide bonds. The molecule has 0 saturated carbocycles. The third-order valence-corrected chi connectivity index (χ3v) is 5.05. The quantitative estimate of drug-likeness (QED) is 0.569. The van der Waals surface area contributed by atoms with Crippen molar-refractivity contribution in [3.05, 3.63) is 66.1 Å². The van der Waals surface area contributed by atoms with Gasteiger partial charge >= 0.3 is 6.01 Å². The first-order valence-corrected chi connectivity index (χ1v) is 9.97. The third kappa shape index (κ3) is 4.61. The van der Waals surface area contributed by atoms with Gasteiger partial charge in [-0.05, 0) is 35.9 Å². The smallest absolute Gasteiger partial charge is 0.322 e. The lowest BCUT2D eigenvalue weighted by Gasteiger charge is -2.15. The molecule has 1 aliphatic heterocycles. The molecule has 9 heteroatoms. The fraction of sp³-hybridized carbons (Fsp3) is 0.217. The van der Waals surface area contributed by atoms with Gasteiger partial charge in [-0.3, -0.25) is 14.9 Å². The van der Waals surface area contributed by atoms with Crippen LogP contribution < -0.4 is 19.7 Å². The number of para-hydroxylation sites is 1. The highest BCUT2D eigenvalue weighted by atomic mass is 16.5. The standard InChI is InChI=1S/C23H22N4O5/c1-30-18-10-8-15(12-19(18)31-2)9-11-20(28)24-23-26-25-22(32-23)16-13-21(29)27(14-16)17-6-4-3-5-7-17/h3-12,16H,13-14H2,1-2H3,(H,24,26,28). The molecule has 4 rings (SSSR count). The molecule has 1 fully saturated rings. The molecule has 1 N–H and O–H groups in total. The lowest BCUT2D eigenvalue weighted by molar-refractivity contribution is -0.117. The van der Waals surface area contributed by atoms with Gasteiger partial charge in [0, 0.05) is 24.7 Å². The highest BCUT2D eigenvalue weighted by Gasteiger charge is 2.35. The highest BCUT2D eigenvalue weighted by Crippen LogP contribution is 2.31. The second kappa shape index (κ2) is 9.34. The first-order valence-electron chi connectivity index (χ1n) is 9.97. The Hall–Kier alpha value is -4.14. The van der Waals surface area contributed by atoms with Gasteiger partial charge < -0.3 is 18.8 Å². The van der Waals surface area contributed by atoms with Crippen molar-refractivity contribution in [2.75, 3.05) is 31.0 Å². The van der Waals surface area contributed by atoms with Crippen LogP contribution in [0.15, 0.2) is 59.0 Å². The monoisotopic (exact) mass is 434 g/mol. The number of carbonyl (C=O) groups is 2. The van der Waals surface area contributed by atoms with Crippen LogP contribution in [0.1, 0.15) is 23.8 Å². The molecule has 1 atom stereocenters. The number of nitrogens with one attached hydrogen (secondary N) is 1. The Labute approximate surface area is 184 Å². The van der Waals surface area contributed by atoms with Gasteiger partial charge in [0.15, 0.2) is 11.5 Å². The SMILES string of the molecule is COc1ccc(C=CC(=O)Nc2nnc(C3CC(=O)N(c4ccccc4)C3)o2)cc1OC. The molecule has 1 aliphatic rings. The maximum atomic E-state index is 12.4. The maximum Gasteiger partial charge on any atom is 0.322 e. The molecule has 0 bridgehead atoms. The molecule has 32 heavy (non-hydrogen) atoms. The van der Waals surface area contributed by atoms with Gasteiger partial charge in [0.1, 0.15) is 0 Å². The van der Waals surface area contributed by atoms with Gasteiger partial charge in [0.05, 0.1) is 20.1 Å². The van der Waals surface area contributed by atoms with Crippen LogP contribution in [0, 0.1) is 0 Å². The van der Waals surface area contributed by atoms with Gasteiger partial charge in [-0.1, -0.05) is 29.4 Å². The van der Waals surface area contributed by atoms with Crippen molar-refractivity contribution in [1.29, 1.82) is 0 Å². The van der Waals surface area contributed by atoms with E-state index in [1.54, 1.807) is 43.4 Å².